The predicted molar refractivity (Wildman–Crippen MR) is 117 cm³/mol. The van der Waals surface area contributed by atoms with Crippen molar-refractivity contribution < 1.29 is 22.7 Å². The Balaban J connectivity index is 1.45. The molecule has 166 valence electrons. The van der Waals surface area contributed by atoms with E-state index in [1.54, 1.807) is 12.1 Å². The molecule has 0 aromatic heterocycles. The molecule has 2 aromatic rings. The minimum atomic E-state index is -3.66. The van der Waals surface area contributed by atoms with Crippen LogP contribution in [0.1, 0.15) is 15.9 Å². The summed E-state index contributed by atoms with van der Waals surface area (Å²) in [6.45, 7) is 5.42. The van der Waals surface area contributed by atoms with Crippen LogP contribution in [0, 0.1) is 0 Å². The first kappa shape index (κ1) is 21.9. The average molecular weight is 446 g/mol. The fourth-order valence-electron chi connectivity index (χ4n) is 3.70. The molecule has 9 heteroatoms. The Morgan fingerprint density at radius 1 is 0.903 bits per heavy atom. The van der Waals surface area contributed by atoms with Gasteiger partial charge in [-0.05, 0) is 35.9 Å². The van der Waals surface area contributed by atoms with Gasteiger partial charge in [0.25, 0.3) is 5.91 Å². The van der Waals surface area contributed by atoms with Crippen LogP contribution in [0.5, 0.6) is 0 Å². The molecule has 1 N–H and O–H groups in total. The van der Waals surface area contributed by atoms with E-state index in [4.69, 9.17) is 9.47 Å². The number of morpholine rings is 2. The summed E-state index contributed by atoms with van der Waals surface area (Å²) in [6, 6.07) is 13.9. The normalized spacial score (nSPS) is 18.6. The van der Waals surface area contributed by atoms with E-state index in [0.29, 0.717) is 37.6 Å². The molecule has 0 radical (unpaired) electrons. The minimum absolute atomic E-state index is 0.114. The first-order chi connectivity index (χ1) is 15.0. The predicted octanol–water partition coefficient (Wildman–Crippen LogP) is 1.79. The zero-order valence-corrected chi connectivity index (χ0v) is 18.1. The average Bonchev–Trinajstić information content (AvgIpc) is 2.81. The number of ether oxygens (including phenoxy) is 2. The lowest BCUT2D eigenvalue weighted by Crippen LogP contribution is -2.40. The lowest BCUT2D eigenvalue weighted by atomic mass is 10.1. The van der Waals surface area contributed by atoms with E-state index < -0.39 is 10.0 Å². The largest absolute Gasteiger partial charge is 0.379 e. The van der Waals surface area contributed by atoms with Crippen LogP contribution in [0.25, 0.3) is 0 Å². The number of hydrogen-bond acceptors (Lipinski definition) is 6. The number of carbonyl (C=O) groups excluding carboxylic acids is 1. The summed E-state index contributed by atoms with van der Waals surface area (Å²) in [7, 11) is -3.66. The van der Waals surface area contributed by atoms with Gasteiger partial charge < -0.3 is 14.8 Å². The third kappa shape index (κ3) is 5.50. The van der Waals surface area contributed by atoms with Crippen LogP contribution < -0.4 is 5.32 Å². The lowest BCUT2D eigenvalue weighted by Gasteiger charge is -2.26. The highest BCUT2D eigenvalue weighted by Crippen LogP contribution is 2.20. The molecule has 4 rings (SSSR count). The van der Waals surface area contributed by atoms with Crippen molar-refractivity contribution >= 4 is 21.6 Å². The molecule has 2 heterocycles. The fraction of sp³-hybridized carbons (Fsp3) is 0.409. The molecule has 0 spiro atoms. The van der Waals surface area contributed by atoms with E-state index in [2.05, 4.69) is 10.2 Å². The SMILES string of the molecule is O=C(Nc1cccc(CN2CCOCC2)c1)c1cccc(S(=O)(=O)N2CCOCC2)c1. The Labute approximate surface area is 182 Å². The quantitative estimate of drug-likeness (QED) is 0.730. The molecule has 31 heavy (non-hydrogen) atoms. The first-order valence-electron chi connectivity index (χ1n) is 10.4. The molecule has 0 unspecified atom stereocenters. The fourth-order valence-corrected chi connectivity index (χ4v) is 5.16. The number of amides is 1. The Hall–Kier alpha value is -2.30. The number of hydrogen-bond donors (Lipinski definition) is 1. The van der Waals surface area contributed by atoms with E-state index in [1.807, 2.05) is 24.3 Å². The van der Waals surface area contributed by atoms with Crippen LogP contribution in [0.2, 0.25) is 0 Å². The van der Waals surface area contributed by atoms with E-state index in [0.717, 1.165) is 38.4 Å². The van der Waals surface area contributed by atoms with Crippen molar-refractivity contribution in [3.63, 3.8) is 0 Å². The first-order valence-corrected chi connectivity index (χ1v) is 11.8. The van der Waals surface area contributed by atoms with Gasteiger partial charge in [0.2, 0.25) is 10.0 Å². The van der Waals surface area contributed by atoms with Gasteiger partial charge in [-0.1, -0.05) is 18.2 Å². The van der Waals surface area contributed by atoms with Gasteiger partial charge >= 0.3 is 0 Å². The summed E-state index contributed by atoms with van der Waals surface area (Å²) in [5.74, 6) is -0.345. The van der Waals surface area contributed by atoms with Gasteiger partial charge in [-0.25, -0.2) is 8.42 Å². The van der Waals surface area contributed by atoms with E-state index >= 15 is 0 Å². The molecule has 0 aliphatic carbocycles. The van der Waals surface area contributed by atoms with E-state index in [1.165, 1.54) is 16.4 Å². The van der Waals surface area contributed by atoms with Crippen molar-refractivity contribution in [3.8, 4) is 0 Å². The Morgan fingerprint density at radius 3 is 2.32 bits per heavy atom. The summed E-state index contributed by atoms with van der Waals surface area (Å²) >= 11 is 0. The zero-order valence-electron chi connectivity index (χ0n) is 17.3. The van der Waals surface area contributed by atoms with Crippen molar-refractivity contribution in [3.05, 3.63) is 59.7 Å². The highest BCUT2D eigenvalue weighted by atomic mass is 32.2. The molecule has 0 atom stereocenters. The standard InChI is InChI=1S/C22H27N3O5S/c26-22(23-20-5-1-3-18(15-20)17-24-7-11-29-12-8-24)19-4-2-6-21(16-19)31(27,28)25-9-13-30-14-10-25/h1-6,15-16H,7-14,17H2,(H,23,26). The van der Waals surface area contributed by atoms with Crippen LogP contribution >= 0.6 is 0 Å². The topological polar surface area (TPSA) is 88.2 Å². The lowest BCUT2D eigenvalue weighted by molar-refractivity contribution is 0.0342. The van der Waals surface area contributed by atoms with Gasteiger partial charge in [-0.15, -0.1) is 0 Å². The van der Waals surface area contributed by atoms with Crippen molar-refractivity contribution in [2.24, 2.45) is 0 Å². The number of carbonyl (C=O) groups is 1. The maximum absolute atomic E-state index is 12.9. The van der Waals surface area contributed by atoms with Gasteiger partial charge in [-0.2, -0.15) is 4.31 Å². The van der Waals surface area contributed by atoms with Crippen molar-refractivity contribution in [2.45, 2.75) is 11.4 Å². The summed E-state index contributed by atoms with van der Waals surface area (Å²) in [4.78, 5) is 15.2. The minimum Gasteiger partial charge on any atom is -0.379 e. The highest BCUT2D eigenvalue weighted by molar-refractivity contribution is 7.89. The Kier molecular flexibility index (Phi) is 6.99. The number of rotatable bonds is 6. The van der Waals surface area contributed by atoms with Gasteiger partial charge in [0.05, 0.1) is 31.3 Å². The second-order valence-electron chi connectivity index (χ2n) is 7.59. The van der Waals surface area contributed by atoms with Crippen LogP contribution in [0.3, 0.4) is 0 Å². The third-order valence-corrected chi connectivity index (χ3v) is 7.29. The summed E-state index contributed by atoms with van der Waals surface area (Å²) in [6.07, 6.45) is 0. The van der Waals surface area contributed by atoms with Gasteiger partial charge in [-0.3, -0.25) is 9.69 Å². The zero-order chi connectivity index (χ0) is 21.7. The molecular weight excluding hydrogens is 418 g/mol. The monoisotopic (exact) mass is 445 g/mol. The molecule has 8 nitrogen and oxygen atoms in total. The Morgan fingerprint density at radius 2 is 1.58 bits per heavy atom. The summed E-state index contributed by atoms with van der Waals surface area (Å²) in [5.41, 5.74) is 2.08. The number of benzene rings is 2. The molecule has 2 saturated heterocycles. The smallest absolute Gasteiger partial charge is 0.255 e. The molecule has 2 aromatic carbocycles. The third-order valence-electron chi connectivity index (χ3n) is 5.40. The molecule has 1 amide bonds. The molecule has 2 aliphatic heterocycles. The van der Waals surface area contributed by atoms with Crippen molar-refractivity contribution in [1.29, 1.82) is 0 Å². The van der Waals surface area contributed by atoms with Crippen molar-refractivity contribution in [2.75, 3.05) is 57.9 Å². The van der Waals surface area contributed by atoms with Crippen LogP contribution in [0.4, 0.5) is 5.69 Å². The number of nitrogens with zero attached hydrogens (tertiary/aromatic N) is 2. The van der Waals surface area contributed by atoms with E-state index in [-0.39, 0.29) is 10.8 Å². The molecule has 0 saturated carbocycles. The van der Waals surface area contributed by atoms with Gasteiger partial charge in [0.1, 0.15) is 0 Å². The second kappa shape index (κ2) is 9.88. The summed E-state index contributed by atoms with van der Waals surface area (Å²) < 4.78 is 37.8. The number of anilines is 1. The molecule has 2 aliphatic rings. The Bertz CT molecular complexity index is 1020. The summed E-state index contributed by atoms with van der Waals surface area (Å²) in [5, 5.41) is 2.88. The van der Waals surface area contributed by atoms with Crippen molar-refractivity contribution in [1.82, 2.24) is 9.21 Å². The van der Waals surface area contributed by atoms with Crippen LogP contribution in [-0.2, 0) is 26.0 Å². The van der Waals surface area contributed by atoms with Gasteiger partial charge in [0.15, 0.2) is 0 Å². The van der Waals surface area contributed by atoms with Gasteiger partial charge in [0, 0.05) is 44.0 Å². The molecule has 2 fully saturated rings. The molecule has 0 bridgehead atoms. The molecular formula is C22H27N3O5S. The second-order valence-corrected chi connectivity index (χ2v) is 9.53. The van der Waals surface area contributed by atoms with E-state index in [9.17, 15) is 13.2 Å². The maximum Gasteiger partial charge on any atom is 0.255 e. The number of nitrogens with one attached hydrogen (secondary N) is 1. The number of sulfonamides is 1. The van der Waals surface area contributed by atoms with Crippen LogP contribution in [0.15, 0.2) is 53.4 Å². The maximum atomic E-state index is 12.9. The van der Waals surface area contributed by atoms with Crippen LogP contribution in [-0.4, -0.2) is 76.1 Å². The highest BCUT2D eigenvalue weighted by Gasteiger charge is 2.27.